The fourth-order valence-corrected chi connectivity index (χ4v) is 4.11. The molecule has 6 nitrogen and oxygen atoms in total. The molecule has 0 aromatic carbocycles. The number of imidazole rings is 1. The zero-order valence-corrected chi connectivity index (χ0v) is 15.7. The van der Waals surface area contributed by atoms with E-state index >= 15 is 0 Å². The molecule has 0 radical (unpaired) electrons. The van der Waals surface area contributed by atoms with Gasteiger partial charge in [0.25, 0.3) is 0 Å². The van der Waals surface area contributed by atoms with E-state index in [0.29, 0.717) is 12.5 Å². The summed E-state index contributed by atoms with van der Waals surface area (Å²) in [7, 11) is 0. The Bertz CT molecular complexity index is 757. The second kappa shape index (κ2) is 7.76. The quantitative estimate of drug-likeness (QED) is 0.839. The fourth-order valence-electron chi connectivity index (χ4n) is 4.11. The lowest BCUT2D eigenvalue weighted by molar-refractivity contribution is -0.133. The molecule has 4 rings (SSSR count). The van der Waals surface area contributed by atoms with Crippen LogP contribution in [0.25, 0.3) is 5.65 Å². The lowest BCUT2D eigenvalue weighted by Crippen LogP contribution is -2.50. The molecule has 140 valence electrons. The molecule has 2 aromatic rings. The largest absolute Gasteiger partial charge is 0.342 e. The molecule has 6 heteroatoms. The van der Waals surface area contributed by atoms with Gasteiger partial charge in [-0.2, -0.15) is 0 Å². The molecule has 0 spiro atoms. The number of aryl methyl sites for hydroxylation is 1. The molecule has 0 atom stereocenters. The highest BCUT2D eigenvalue weighted by atomic mass is 16.2. The van der Waals surface area contributed by atoms with Gasteiger partial charge < -0.3 is 9.30 Å². The number of amides is 1. The normalized spacial score (nSPS) is 20.0. The van der Waals surface area contributed by atoms with Gasteiger partial charge >= 0.3 is 0 Å². The van der Waals surface area contributed by atoms with Gasteiger partial charge in [0.15, 0.2) is 0 Å². The van der Waals surface area contributed by atoms with Gasteiger partial charge in [-0.1, -0.05) is 6.07 Å². The van der Waals surface area contributed by atoms with Gasteiger partial charge in [0.2, 0.25) is 5.91 Å². The summed E-state index contributed by atoms with van der Waals surface area (Å²) in [6.45, 7) is 9.45. The number of piperidine rings is 1. The van der Waals surface area contributed by atoms with Crippen molar-refractivity contribution < 1.29 is 4.79 Å². The Morgan fingerprint density at radius 1 is 1.00 bits per heavy atom. The molecule has 2 aliphatic heterocycles. The first-order valence-electron chi connectivity index (χ1n) is 9.86. The van der Waals surface area contributed by atoms with Gasteiger partial charge in [-0.05, 0) is 38.3 Å². The van der Waals surface area contributed by atoms with Crippen LogP contribution in [0.5, 0.6) is 0 Å². The van der Waals surface area contributed by atoms with Crippen molar-refractivity contribution in [3.05, 3.63) is 35.8 Å². The third-order valence-electron chi connectivity index (χ3n) is 5.73. The summed E-state index contributed by atoms with van der Waals surface area (Å²) in [6, 6.07) is 6.14. The van der Waals surface area contributed by atoms with E-state index in [1.807, 2.05) is 6.07 Å². The van der Waals surface area contributed by atoms with E-state index in [1.54, 1.807) is 0 Å². The van der Waals surface area contributed by atoms with Gasteiger partial charge in [0, 0.05) is 52.0 Å². The van der Waals surface area contributed by atoms with Crippen molar-refractivity contribution in [3.63, 3.8) is 0 Å². The smallest absolute Gasteiger partial charge is 0.236 e. The van der Waals surface area contributed by atoms with Crippen molar-refractivity contribution in [2.24, 2.45) is 0 Å². The van der Waals surface area contributed by atoms with E-state index in [1.165, 1.54) is 12.1 Å². The highest BCUT2D eigenvalue weighted by Gasteiger charge is 2.23. The Kier molecular flexibility index (Phi) is 5.22. The summed E-state index contributed by atoms with van der Waals surface area (Å²) in [6.07, 6.45) is 5.69. The van der Waals surface area contributed by atoms with Crippen LogP contribution in [0.1, 0.15) is 30.7 Å². The van der Waals surface area contributed by atoms with Crippen LogP contribution in [0.15, 0.2) is 24.4 Å². The van der Waals surface area contributed by atoms with Crippen molar-refractivity contribution in [2.45, 2.75) is 32.7 Å². The predicted octanol–water partition coefficient (Wildman–Crippen LogP) is 1.77. The molecule has 26 heavy (non-hydrogen) atoms. The molecule has 0 aliphatic carbocycles. The molecule has 0 N–H and O–H groups in total. The van der Waals surface area contributed by atoms with Gasteiger partial charge in [0.1, 0.15) is 5.65 Å². The summed E-state index contributed by atoms with van der Waals surface area (Å²) in [5.74, 6) is 0.316. The summed E-state index contributed by atoms with van der Waals surface area (Å²) in [5.41, 5.74) is 3.41. The molecule has 1 amide bonds. The maximum absolute atomic E-state index is 12.5. The maximum atomic E-state index is 12.5. The number of hydrogen-bond donors (Lipinski definition) is 0. The number of fused-ring (bicyclic) bond motifs is 1. The monoisotopic (exact) mass is 355 g/mol. The number of rotatable bonds is 4. The van der Waals surface area contributed by atoms with Crippen molar-refractivity contribution in [3.8, 4) is 0 Å². The molecule has 2 saturated heterocycles. The highest BCUT2D eigenvalue weighted by molar-refractivity contribution is 5.78. The highest BCUT2D eigenvalue weighted by Crippen LogP contribution is 2.16. The minimum atomic E-state index is 0.316. The van der Waals surface area contributed by atoms with Gasteiger partial charge in [0.05, 0.1) is 17.9 Å². The SMILES string of the molecule is Cc1nc2ccccn2c1CN1CCN(CC(=O)N2CCCCC2)CC1. The van der Waals surface area contributed by atoms with Gasteiger partial charge in [-0.3, -0.25) is 14.6 Å². The van der Waals surface area contributed by atoms with E-state index in [-0.39, 0.29) is 0 Å². The number of carbonyl (C=O) groups excluding carboxylic acids is 1. The lowest BCUT2D eigenvalue weighted by atomic mass is 10.1. The Morgan fingerprint density at radius 2 is 1.73 bits per heavy atom. The average molecular weight is 355 g/mol. The Labute approximate surface area is 155 Å². The third kappa shape index (κ3) is 3.76. The zero-order chi connectivity index (χ0) is 17.9. The number of likely N-dealkylation sites (tertiary alicyclic amines) is 1. The second-order valence-corrected chi connectivity index (χ2v) is 7.57. The van der Waals surface area contributed by atoms with Crippen LogP contribution in [0.4, 0.5) is 0 Å². The number of hydrogen-bond acceptors (Lipinski definition) is 4. The molecule has 0 bridgehead atoms. The summed E-state index contributed by atoms with van der Waals surface area (Å²) in [5, 5.41) is 0. The van der Waals surface area contributed by atoms with Gasteiger partial charge in [-0.25, -0.2) is 4.98 Å². The Balaban J connectivity index is 1.31. The van der Waals surface area contributed by atoms with E-state index in [9.17, 15) is 4.79 Å². The van der Waals surface area contributed by atoms with Crippen LogP contribution in [-0.2, 0) is 11.3 Å². The number of piperazine rings is 1. The molecule has 2 aromatic heterocycles. The fraction of sp³-hybridized carbons (Fsp3) is 0.600. The van der Waals surface area contributed by atoms with Gasteiger partial charge in [-0.15, -0.1) is 0 Å². The molecular formula is C20H29N5O. The Hall–Kier alpha value is -1.92. The molecule has 4 heterocycles. The number of pyridine rings is 1. The van der Waals surface area contributed by atoms with Crippen molar-refractivity contribution in [1.82, 2.24) is 24.1 Å². The first-order chi connectivity index (χ1) is 12.7. The minimum absolute atomic E-state index is 0.316. The molecule has 0 saturated carbocycles. The van der Waals surface area contributed by atoms with Crippen LogP contribution in [0, 0.1) is 6.92 Å². The average Bonchev–Trinajstić information content (AvgIpc) is 2.99. The maximum Gasteiger partial charge on any atom is 0.236 e. The van der Waals surface area contributed by atoms with E-state index in [4.69, 9.17) is 0 Å². The standard InChI is InChI=1S/C20H29N5O/c1-17-18(25-10-6-3-7-19(25)21-17)15-22-11-13-23(14-12-22)16-20(26)24-8-4-2-5-9-24/h3,6-7,10H,2,4-5,8-9,11-16H2,1H3. The van der Waals surface area contributed by atoms with Crippen LogP contribution < -0.4 is 0 Å². The topological polar surface area (TPSA) is 44.1 Å². The van der Waals surface area contributed by atoms with Crippen LogP contribution in [-0.4, -0.2) is 75.8 Å². The van der Waals surface area contributed by atoms with Crippen molar-refractivity contribution in [1.29, 1.82) is 0 Å². The molecule has 2 aliphatic rings. The van der Waals surface area contributed by atoms with Crippen molar-refractivity contribution >= 4 is 11.6 Å². The molecule has 0 unspecified atom stereocenters. The third-order valence-corrected chi connectivity index (χ3v) is 5.73. The number of nitrogens with zero attached hydrogens (tertiary/aromatic N) is 5. The first-order valence-corrected chi connectivity index (χ1v) is 9.86. The molecular weight excluding hydrogens is 326 g/mol. The number of aromatic nitrogens is 2. The van der Waals surface area contributed by atoms with Crippen LogP contribution in [0.3, 0.4) is 0 Å². The number of carbonyl (C=O) groups is 1. The zero-order valence-electron chi connectivity index (χ0n) is 15.7. The van der Waals surface area contributed by atoms with E-state index in [0.717, 1.165) is 70.0 Å². The predicted molar refractivity (Wildman–Crippen MR) is 102 cm³/mol. The summed E-state index contributed by atoms with van der Waals surface area (Å²) >= 11 is 0. The second-order valence-electron chi connectivity index (χ2n) is 7.57. The summed E-state index contributed by atoms with van der Waals surface area (Å²) in [4.78, 5) is 24.0. The molecule has 2 fully saturated rings. The minimum Gasteiger partial charge on any atom is -0.342 e. The summed E-state index contributed by atoms with van der Waals surface area (Å²) < 4.78 is 2.20. The van der Waals surface area contributed by atoms with E-state index < -0.39 is 0 Å². The van der Waals surface area contributed by atoms with Crippen LogP contribution >= 0.6 is 0 Å². The Morgan fingerprint density at radius 3 is 2.50 bits per heavy atom. The lowest BCUT2D eigenvalue weighted by Gasteiger charge is -2.36. The van der Waals surface area contributed by atoms with Crippen LogP contribution in [0.2, 0.25) is 0 Å². The first kappa shape index (κ1) is 17.5. The van der Waals surface area contributed by atoms with Crippen molar-refractivity contribution in [2.75, 3.05) is 45.8 Å². The van der Waals surface area contributed by atoms with E-state index in [2.05, 4.69) is 49.3 Å².